The molecular weight excluding hydrogens is 374 g/mol. The van der Waals surface area contributed by atoms with Gasteiger partial charge in [0.25, 0.3) is 0 Å². The Morgan fingerprint density at radius 3 is 2.70 bits per heavy atom. The summed E-state index contributed by atoms with van der Waals surface area (Å²) in [7, 11) is 0. The summed E-state index contributed by atoms with van der Waals surface area (Å²) in [4.78, 5) is 24.8. The van der Waals surface area contributed by atoms with Crippen LogP contribution in [0.5, 0.6) is 11.5 Å². The van der Waals surface area contributed by atoms with E-state index in [1.807, 2.05) is 6.20 Å². The Morgan fingerprint density at radius 2 is 1.89 bits per heavy atom. The Labute approximate surface area is 160 Å². The number of halogens is 1. The monoisotopic (exact) mass is 393 g/mol. The first-order valence-electron chi connectivity index (χ1n) is 8.77. The van der Waals surface area contributed by atoms with Crippen molar-refractivity contribution in [2.75, 3.05) is 6.61 Å². The van der Waals surface area contributed by atoms with Crippen LogP contribution in [-0.2, 0) is 28.9 Å². The molecule has 0 aliphatic carbocycles. The molecule has 2 aromatic rings. The van der Waals surface area contributed by atoms with E-state index in [0.717, 1.165) is 24.6 Å². The van der Waals surface area contributed by atoms with Gasteiger partial charge in [-0.05, 0) is 19.3 Å². The number of phenolic OH excluding ortho intramolecular Hbond substituents is 2. The highest BCUT2D eigenvalue weighted by atomic mass is 35.5. The van der Waals surface area contributed by atoms with Crippen LogP contribution in [0.4, 0.5) is 0 Å². The van der Waals surface area contributed by atoms with E-state index in [0.29, 0.717) is 19.4 Å². The number of rotatable bonds is 0. The lowest BCUT2D eigenvalue weighted by Crippen LogP contribution is -2.14. The largest absolute Gasteiger partial charge is 0.507 e. The second-order valence-electron chi connectivity index (χ2n) is 6.47. The van der Waals surface area contributed by atoms with Crippen molar-refractivity contribution in [1.82, 2.24) is 15.0 Å². The summed E-state index contributed by atoms with van der Waals surface area (Å²) in [6.45, 7) is 0.632. The third-order valence-corrected chi connectivity index (χ3v) is 4.81. The number of Topliss-reactive ketones (excluding diaryl/α,β-unsaturated/α-hetero) is 1. The summed E-state index contributed by atoms with van der Waals surface area (Å²) in [5.74, 6) is -1.79. The van der Waals surface area contributed by atoms with E-state index in [4.69, 9.17) is 16.3 Å². The van der Waals surface area contributed by atoms with Crippen molar-refractivity contribution in [2.24, 2.45) is 0 Å². The minimum absolute atomic E-state index is 0.0905. The van der Waals surface area contributed by atoms with Gasteiger partial charge in [-0.15, -0.1) is 5.10 Å². The molecule has 2 heterocycles. The fourth-order valence-electron chi connectivity index (χ4n) is 3.02. The van der Waals surface area contributed by atoms with Crippen molar-refractivity contribution in [1.29, 1.82) is 0 Å². The van der Waals surface area contributed by atoms with Crippen LogP contribution in [0.2, 0.25) is 5.02 Å². The van der Waals surface area contributed by atoms with Gasteiger partial charge in [0.05, 0.1) is 17.3 Å². The first-order chi connectivity index (χ1) is 13.0. The molecule has 8 nitrogen and oxygen atoms in total. The number of aromatic nitrogens is 3. The second-order valence-corrected chi connectivity index (χ2v) is 6.85. The van der Waals surface area contributed by atoms with Gasteiger partial charge in [-0.1, -0.05) is 16.8 Å². The molecule has 0 spiro atoms. The topological polar surface area (TPSA) is 115 Å². The molecule has 2 bridgehead atoms. The molecule has 27 heavy (non-hydrogen) atoms. The van der Waals surface area contributed by atoms with Gasteiger partial charge in [0, 0.05) is 43.6 Å². The van der Waals surface area contributed by atoms with Crippen LogP contribution < -0.4 is 0 Å². The number of carbonyl (C=O) groups is 2. The van der Waals surface area contributed by atoms with Crippen molar-refractivity contribution in [3.8, 4) is 11.5 Å². The number of fused-ring (bicyclic) bond motifs is 3. The first kappa shape index (κ1) is 19.2. The Morgan fingerprint density at radius 1 is 1.11 bits per heavy atom. The number of hydrogen-bond acceptors (Lipinski definition) is 7. The number of carbonyl (C=O) groups excluding carboxylic acids is 2. The highest BCUT2D eigenvalue weighted by Gasteiger charge is 2.25. The molecule has 1 aliphatic rings. The van der Waals surface area contributed by atoms with Crippen molar-refractivity contribution >= 4 is 23.4 Å². The Kier molecular flexibility index (Phi) is 5.95. The molecule has 1 aromatic carbocycles. The van der Waals surface area contributed by atoms with Crippen LogP contribution in [0.3, 0.4) is 0 Å². The number of nitrogens with zero attached hydrogens (tertiary/aromatic N) is 3. The van der Waals surface area contributed by atoms with Crippen molar-refractivity contribution in [3.05, 3.63) is 34.1 Å². The Hall–Kier alpha value is -2.61. The van der Waals surface area contributed by atoms with Crippen LogP contribution in [0.25, 0.3) is 0 Å². The molecule has 0 fully saturated rings. The maximum Gasteiger partial charge on any atom is 0.342 e. The molecule has 144 valence electrons. The normalized spacial score (nSPS) is 16.6. The van der Waals surface area contributed by atoms with Gasteiger partial charge >= 0.3 is 5.97 Å². The number of hydrogen-bond donors (Lipinski definition) is 2. The van der Waals surface area contributed by atoms with Gasteiger partial charge in [-0.25, -0.2) is 4.79 Å². The quantitative estimate of drug-likeness (QED) is 0.660. The molecule has 2 N–H and O–H groups in total. The van der Waals surface area contributed by atoms with Gasteiger partial charge in [0.2, 0.25) is 0 Å². The third-order valence-electron chi connectivity index (χ3n) is 4.39. The lowest BCUT2D eigenvalue weighted by molar-refractivity contribution is -0.118. The molecule has 0 saturated heterocycles. The van der Waals surface area contributed by atoms with E-state index < -0.39 is 11.7 Å². The highest BCUT2D eigenvalue weighted by Crippen LogP contribution is 2.37. The van der Waals surface area contributed by atoms with Gasteiger partial charge < -0.3 is 14.9 Å². The van der Waals surface area contributed by atoms with E-state index in [-0.39, 0.29) is 47.1 Å². The molecule has 3 rings (SSSR count). The third kappa shape index (κ3) is 4.57. The van der Waals surface area contributed by atoms with Crippen LogP contribution in [-0.4, -0.2) is 43.6 Å². The predicted molar refractivity (Wildman–Crippen MR) is 96.0 cm³/mol. The van der Waals surface area contributed by atoms with E-state index in [1.165, 1.54) is 0 Å². The van der Waals surface area contributed by atoms with Crippen molar-refractivity contribution < 1.29 is 24.5 Å². The van der Waals surface area contributed by atoms with E-state index in [2.05, 4.69) is 10.3 Å². The number of phenols is 2. The molecule has 0 atom stereocenters. The number of cyclic esters (lactones) is 1. The first-order valence-corrected chi connectivity index (χ1v) is 9.14. The molecule has 1 aliphatic heterocycles. The van der Waals surface area contributed by atoms with Gasteiger partial charge in [-0.2, -0.15) is 0 Å². The van der Waals surface area contributed by atoms with E-state index in [1.54, 1.807) is 4.68 Å². The summed E-state index contributed by atoms with van der Waals surface area (Å²) < 4.78 is 6.90. The van der Waals surface area contributed by atoms with Gasteiger partial charge in [0.1, 0.15) is 22.8 Å². The van der Waals surface area contributed by atoms with E-state index in [9.17, 15) is 19.8 Å². The summed E-state index contributed by atoms with van der Waals surface area (Å²) in [5.41, 5.74) is 0.767. The highest BCUT2D eigenvalue weighted by molar-refractivity contribution is 6.33. The van der Waals surface area contributed by atoms with Gasteiger partial charge in [0.15, 0.2) is 0 Å². The van der Waals surface area contributed by atoms with Gasteiger partial charge in [-0.3, -0.25) is 9.48 Å². The average molecular weight is 394 g/mol. The fourth-order valence-corrected chi connectivity index (χ4v) is 3.23. The van der Waals surface area contributed by atoms with Crippen LogP contribution in [0, 0.1) is 0 Å². The van der Waals surface area contributed by atoms with E-state index >= 15 is 0 Å². The SMILES string of the molecule is O=C1CCCCc2cn(nn2)CCCOC(=O)c2c(O)cc(O)c(Cl)c2C1. The minimum atomic E-state index is -0.788. The number of aromatic hydroxyl groups is 2. The minimum Gasteiger partial charge on any atom is -0.507 e. The summed E-state index contributed by atoms with van der Waals surface area (Å²) in [5, 5.41) is 27.9. The second kappa shape index (κ2) is 8.39. The molecular formula is C18H20ClN3O5. The molecule has 0 amide bonds. The molecule has 0 radical (unpaired) electrons. The van der Waals surface area contributed by atoms with Crippen LogP contribution in [0.1, 0.15) is 47.3 Å². The zero-order valence-corrected chi connectivity index (χ0v) is 15.4. The fraction of sp³-hybridized carbons (Fsp3) is 0.444. The summed E-state index contributed by atoms with van der Waals surface area (Å²) in [6.07, 6.45) is 4.62. The Balaban J connectivity index is 1.87. The Bertz CT molecular complexity index is 865. The van der Waals surface area contributed by atoms with Crippen molar-refractivity contribution in [2.45, 2.75) is 45.1 Å². The molecule has 1 aromatic heterocycles. The smallest absolute Gasteiger partial charge is 0.342 e. The van der Waals surface area contributed by atoms with Crippen LogP contribution >= 0.6 is 11.6 Å². The standard InChI is InChI=1S/C18H20ClN3O5/c19-17-13-8-12(23)5-2-1-4-11-10-22(21-20-11)6-3-7-27-18(26)16(13)14(24)9-15(17)25/h9-10,24-25H,1-8H2. The average Bonchev–Trinajstić information content (AvgIpc) is 3.07. The maximum atomic E-state index is 12.4. The van der Waals surface area contributed by atoms with Crippen LogP contribution in [0.15, 0.2) is 12.3 Å². The molecule has 9 heteroatoms. The number of benzene rings is 1. The summed E-state index contributed by atoms with van der Waals surface area (Å²) >= 11 is 6.10. The van der Waals surface area contributed by atoms with Crippen molar-refractivity contribution in [3.63, 3.8) is 0 Å². The number of aryl methyl sites for hydroxylation is 2. The maximum absolute atomic E-state index is 12.4. The lowest BCUT2D eigenvalue weighted by Gasteiger charge is -2.14. The lowest BCUT2D eigenvalue weighted by atomic mass is 9.98. The zero-order chi connectivity index (χ0) is 19.4. The summed E-state index contributed by atoms with van der Waals surface area (Å²) in [6, 6.07) is 0.974. The number of esters is 1. The molecule has 0 saturated carbocycles. The number of ether oxygens (including phenoxy) is 1. The number of ketones is 1. The molecule has 0 unspecified atom stereocenters. The predicted octanol–water partition coefficient (Wildman–Crippen LogP) is 2.43. The zero-order valence-electron chi connectivity index (χ0n) is 14.7.